The summed E-state index contributed by atoms with van der Waals surface area (Å²) in [6, 6.07) is 35.8. The van der Waals surface area contributed by atoms with Gasteiger partial charge in [-0.05, 0) is 79.2 Å². The van der Waals surface area contributed by atoms with E-state index in [0.717, 1.165) is 40.6 Å². The van der Waals surface area contributed by atoms with Crippen molar-refractivity contribution in [3.8, 4) is 5.75 Å². The topological polar surface area (TPSA) is 59.1 Å². The van der Waals surface area contributed by atoms with Gasteiger partial charge >= 0.3 is 11.9 Å². The zero-order chi connectivity index (χ0) is 29.3. The zero-order valence-electron chi connectivity index (χ0n) is 23.0. The summed E-state index contributed by atoms with van der Waals surface area (Å²) in [7, 11) is 0. The Morgan fingerprint density at radius 3 is 1.83 bits per heavy atom. The maximum Gasteiger partial charge on any atom is 0.335 e. The summed E-state index contributed by atoms with van der Waals surface area (Å²) in [5.74, 6) is -0.231. The quantitative estimate of drug-likeness (QED) is 0.112. The summed E-state index contributed by atoms with van der Waals surface area (Å²) in [6.45, 7) is 6.98. The van der Waals surface area contributed by atoms with Crippen molar-refractivity contribution in [1.82, 2.24) is 0 Å². The Balaban J connectivity index is 1.55. The molecule has 0 aliphatic heterocycles. The van der Waals surface area contributed by atoms with Crippen LogP contribution in [0.1, 0.15) is 6.42 Å². The first-order valence-corrected chi connectivity index (χ1v) is 13.5. The van der Waals surface area contributed by atoms with Gasteiger partial charge in [-0.3, -0.25) is 0 Å². The van der Waals surface area contributed by atoms with Crippen molar-refractivity contribution in [2.75, 3.05) is 9.80 Å². The van der Waals surface area contributed by atoms with Gasteiger partial charge in [-0.25, -0.2) is 9.59 Å². The summed E-state index contributed by atoms with van der Waals surface area (Å²) >= 11 is 0. The predicted octanol–water partition coefficient (Wildman–Crippen LogP) is 8.33. The minimum Gasteiger partial charge on any atom is -0.424 e. The van der Waals surface area contributed by atoms with Crippen LogP contribution < -0.4 is 14.5 Å². The van der Waals surface area contributed by atoms with Gasteiger partial charge in [0.15, 0.2) is 0 Å². The standard InChI is InChI=1S/C36H30N2O4/c1-3-35(39)41-33-19-11-17-31(25-33)38(32-18-12-20-34(26-32)42-36(40)4-2)30-23-21-29(22-24-30)37(27-13-7-5-8-14-27)28-15-9-6-10-16-28/h3-17,19-26,32H,1-2,18H2. The molecule has 1 atom stereocenters. The Kier molecular flexibility index (Phi) is 8.75. The molecule has 6 heteroatoms. The van der Waals surface area contributed by atoms with E-state index in [4.69, 9.17) is 9.47 Å². The number of nitrogens with zero attached hydrogens (tertiary/aromatic N) is 2. The van der Waals surface area contributed by atoms with Crippen LogP contribution in [0.3, 0.4) is 0 Å². The van der Waals surface area contributed by atoms with Crippen LogP contribution >= 0.6 is 0 Å². The van der Waals surface area contributed by atoms with E-state index in [1.807, 2.05) is 60.7 Å². The highest BCUT2D eigenvalue weighted by Crippen LogP contribution is 2.38. The van der Waals surface area contributed by atoms with Crippen molar-refractivity contribution in [3.63, 3.8) is 0 Å². The number of allylic oxidation sites excluding steroid dienone is 1. The fraction of sp³-hybridized carbons (Fsp3) is 0.0556. The van der Waals surface area contributed by atoms with Gasteiger partial charge in [0, 0.05) is 46.7 Å². The number of carbonyl (C=O) groups is 2. The van der Waals surface area contributed by atoms with Crippen molar-refractivity contribution >= 4 is 40.4 Å². The molecule has 0 aromatic heterocycles. The second-order valence-electron chi connectivity index (χ2n) is 9.42. The third kappa shape index (κ3) is 6.57. The molecule has 0 bridgehead atoms. The van der Waals surface area contributed by atoms with Crippen LogP contribution in [0.2, 0.25) is 0 Å². The van der Waals surface area contributed by atoms with Gasteiger partial charge in [-0.2, -0.15) is 0 Å². The Morgan fingerprint density at radius 1 is 0.667 bits per heavy atom. The Labute approximate surface area is 245 Å². The maximum absolute atomic E-state index is 11.9. The average molecular weight is 555 g/mol. The number of para-hydroxylation sites is 2. The lowest BCUT2D eigenvalue weighted by Gasteiger charge is -2.34. The molecule has 4 aromatic carbocycles. The third-order valence-electron chi connectivity index (χ3n) is 6.63. The number of anilines is 5. The first kappa shape index (κ1) is 27.9. The van der Waals surface area contributed by atoms with Crippen LogP contribution in [0.15, 0.2) is 158 Å². The summed E-state index contributed by atoms with van der Waals surface area (Å²) < 4.78 is 10.8. The Hall–Kier alpha value is -5.62. The van der Waals surface area contributed by atoms with Crippen molar-refractivity contribution in [2.45, 2.75) is 12.5 Å². The van der Waals surface area contributed by atoms with Gasteiger partial charge in [-0.15, -0.1) is 0 Å². The number of hydrogen-bond acceptors (Lipinski definition) is 6. The number of ether oxygens (including phenoxy) is 2. The summed E-state index contributed by atoms with van der Waals surface area (Å²) in [4.78, 5) is 28.1. The van der Waals surface area contributed by atoms with Crippen LogP contribution in [0, 0.1) is 0 Å². The van der Waals surface area contributed by atoms with E-state index in [9.17, 15) is 9.59 Å². The molecule has 4 aromatic rings. The molecular formula is C36H30N2O4. The molecule has 5 rings (SSSR count). The number of rotatable bonds is 10. The van der Waals surface area contributed by atoms with Gasteiger partial charge in [0.1, 0.15) is 11.5 Å². The van der Waals surface area contributed by atoms with E-state index in [-0.39, 0.29) is 6.04 Å². The van der Waals surface area contributed by atoms with Crippen molar-refractivity contribution in [1.29, 1.82) is 0 Å². The molecule has 0 saturated heterocycles. The lowest BCUT2D eigenvalue weighted by atomic mass is 10.0. The number of hydrogen-bond donors (Lipinski definition) is 0. The largest absolute Gasteiger partial charge is 0.424 e. The molecule has 0 fully saturated rings. The second kappa shape index (κ2) is 13.2. The minimum absolute atomic E-state index is 0.196. The van der Waals surface area contributed by atoms with Crippen molar-refractivity contribution in [3.05, 3.63) is 158 Å². The monoisotopic (exact) mass is 554 g/mol. The normalized spacial score (nSPS) is 13.8. The van der Waals surface area contributed by atoms with Gasteiger partial charge in [-0.1, -0.05) is 61.7 Å². The van der Waals surface area contributed by atoms with Crippen molar-refractivity contribution in [2.24, 2.45) is 0 Å². The molecule has 1 unspecified atom stereocenters. The number of carbonyl (C=O) groups excluding carboxylic acids is 2. The summed E-state index contributed by atoms with van der Waals surface area (Å²) in [5, 5.41) is 0. The molecule has 208 valence electrons. The fourth-order valence-corrected chi connectivity index (χ4v) is 4.79. The Morgan fingerprint density at radius 2 is 1.21 bits per heavy atom. The van der Waals surface area contributed by atoms with E-state index in [0.29, 0.717) is 17.9 Å². The molecule has 6 nitrogen and oxygen atoms in total. The molecule has 0 heterocycles. The Bertz CT molecular complexity index is 1590. The van der Waals surface area contributed by atoms with E-state index in [2.05, 4.69) is 71.5 Å². The van der Waals surface area contributed by atoms with E-state index >= 15 is 0 Å². The number of esters is 2. The highest BCUT2D eigenvalue weighted by molar-refractivity contribution is 5.84. The lowest BCUT2D eigenvalue weighted by molar-refractivity contribution is -0.133. The third-order valence-corrected chi connectivity index (χ3v) is 6.63. The first-order valence-electron chi connectivity index (χ1n) is 13.5. The number of benzene rings is 4. The summed E-state index contributed by atoms with van der Waals surface area (Å²) in [6.07, 6.45) is 8.57. The van der Waals surface area contributed by atoms with E-state index < -0.39 is 11.9 Å². The van der Waals surface area contributed by atoms with E-state index in [1.54, 1.807) is 18.2 Å². The van der Waals surface area contributed by atoms with Gasteiger partial charge < -0.3 is 19.3 Å². The molecule has 1 aliphatic carbocycles. The molecule has 0 saturated carbocycles. The highest BCUT2D eigenvalue weighted by atomic mass is 16.5. The SMILES string of the molecule is C=CC(=O)OC1=CC(N(c2ccc(N(c3ccccc3)c3ccccc3)cc2)c2cccc(OC(=O)C=C)c2)CC=C1. The average Bonchev–Trinajstić information content (AvgIpc) is 3.03. The smallest absolute Gasteiger partial charge is 0.335 e. The minimum atomic E-state index is -0.538. The summed E-state index contributed by atoms with van der Waals surface area (Å²) in [5.41, 5.74) is 4.77. The van der Waals surface area contributed by atoms with Crippen LogP contribution in [0.4, 0.5) is 28.4 Å². The molecule has 42 heavy (non-hydrogen) atoms. The zero-order valence-corrected chi connectivity index (χ0v) is 23.0. The van der Waals surface area contributed by atoms with E-state index in [1.165, 1.54) is 0 Å². The van der Waals surface area contributed by atoms with Gasteiger partial charge in [0.2, 0.25) is 0 Å². The molecule has 1 aliphatic rings. The maximum atomic E-state index is 11.9. The van der Waals surface area contributed by atoms with Crippen LogP contribution in [0.25, 0.3) is 0 Å². The van der Waals surface area contributed by atoms with Gasteiger partial charge in [0.05, 0.1) is 6.04 Å². The van der Waals surface area contributed by atoms with Crippen LogP contribution in [0.5, 0.6) is 5.75 Å². The molecule has 0 radical (unpaired) electrons. The predicted molar refractivity (Wildman–Crippen MR) is 167 cm³/mol. The highest BCUT2D eigenvalue weighted by Gasteiger charge is 2.23. The fourth-order valence-electron chi connectivity index (χ4n) is 4.79. The molecule has 0 N–H and O–H groups in total. The van der Waals surface area contributed by atoms with Crippen molar-refractivity contribution < 1.29 is 19.1 Å². The lowest BCUT2D eigenvalue weighted by Crippen LogP contribution is -2.31. The molecule has 0 spiro atoms. The molecule has 0 amide bonds. The van der Waals surface area contributed by atoms with Crippen LogP contribution in [-0.4, -0.2) is 18.0 Å². The van der Waals surface area contributed by atoms with Gasteiger partial charge in [0.25, 0.3) is 0 Å². The van der Waals surface area contributed by atoms with Crippen LogP contribution in [-0.2, 0) is 14.3 Å². The molecular weight excluding hydrogens is 524 g/mol. The second-order valence-corrected chi connectivity index (χ2v) is 9.42. The first-order chi connectivity index (χ1) is 20.6.